The van der Waals surface area contributed by atoms with Gasteiger partial charge in [-0.25, -0.2) is 4.68 Å². The zero-order chi connectivity index (χ0) is 13.3. The van der Waals surface area contributed by atoms with Gasteiger partial charge >= 0.3 is 6.18 Å². The van der Waals surface area contributed by atoms with Gasteiger partial charge in [-0.05, 0) is 12.1 Å². The molecule has 18 heavy (non-hydrogen) atoms. The van der Waals surface area contributed by atoms with Crippen molar-refractivity contribution in [1.82, 2.24) is 9.78 Å². The molecule has 0 N–H and O–H groups in total. The highest BCUT2D eigenvalue weighted by Gasteiger charge is 2.42. The monoisotopic (exact) mass is 260 g/mol. The largest absolute Gasteiger partial charge is 0.479 e. The fourth-order valence-corrected chi connectivity index (χ4v) is 1.50. The standard InChI is InChI=1S/C11H8F4N2O/c1-18-10-8(11(13,14)15)9(12)17(16-10)7-5-3-2-4-6-7/h2-6H,1H3. The molecule has 2 aromatic rings. The first-order chi connectivity index (χ1) is 8.45. The third kappa shape index (κ3) is 2.03. The molecular formula is C11H8F4N2O. The molecule has 0 bridgehead atoms. The Kier molecular flexibility index (Phi) is 2.98. The number of nitrogens with zero attached hydrogens (tertiary/aromatic N) is 2. The Hall–Kier alpha value is -2.05. The summed E-state index contributed by atoms with van der Waals surface area (Å²) in [7, 11) is 1.01. The van der Waals surface area contributed by atoms with Crippen LogP contribution in [0.15, 0.2) is 30.3 Å². The molecule has 0 spiro atoms. The van der Waals surface area contributed by atoms with Crippen LogP contribution in [0, 0.1) is 5.95 Å². The van der Waals surface area contributed by atoms with Crippen molar-refractivity contribution in [2.24, 2.45) is 0 Å². The van der Waals surface area contributed by atoms with Gasteiger partial charge < -0.3 is 4.74 Å². The summed E-state index contributed by atoms with van der Waals surface area (Å²) in [6.45, 7) is 0. The first kappa shape index (κ1) is 12.4. The van der Waals surface area contributed by atoms with Crippen LogP contribution in [0.4, 0.5) is 17.6 Å². The highest BCUT2D eigenvalue weighted by molar-refractivity contribution is 5.36. The number of hydrogen-bond donors (Lipinski definition) is 0. The van der Waals surface area contributed by atoms with Crippen LogP contribution in [0.3, 0.4) is 0 Å². The minimum absolute atomic E-state index is 0.184. The quantitative estimate of drug-likeness (QED) is 0.776. The summed E-state index contributed by atoms with van der Waals surface area (Å²) in [6, 6.07) is 7.67. The van der Waals surface area contributed by atoms with Crippen molar-refractivity contribution >= 4 is 0 Å². The van der Waals surface area contributed by atoms with Crippen molar-refractivity contribution in [3.05, 3.63) is 41.8 Å². The van der Waals surface area contributed by atoms with Gasteiger partial charge in [0.05, 0.1) is 12.8 Å². The molecule has 0 amide bonds. The molecule has 3 nitrogen and oxygen atoms in total. The predicted molar refractivity (Wildman–Crippen MR) is 55.1 cm³/mol. The summed E-state index contributed by atoms with van der Waals surface area (Å²) >= 11 is 0. The first-order valence-corrected chi connectivity index (χ1v) is 4.90. The number of halogens is 4. The second-order valence-electron chi connectivity index (χ2n) is 3.42. The first-order valence-electron chi connectivity index (χ1n) is 4.90. The number of ether oxygens (including phenoxy) is 1. The summed E-state index contributed by atoms with van der Waals surface area (Å²) in [5.74, 6) is -2.28. The fraction of sp³-hybridized carbons (Fsp3) is 0.182. The second kappa shape index (κ2) is 4.32. The lowest BCUT2D eigenvalue weighted by Crippen LogP contribution is -2.09. The Morgan fingerprint density at radius 3 is 2.22 bits per heavy atom. The van der Waals surface area contributed by atoms with Gasteiger partial charge in [0.2, 0.25) is 11.8 Å². The molecule has 1 heterocycles. The molecule has 0 aliphatic rings. The van der Waals surface area contributed by atoms with Crippen molar-refractivity contribution in [2.75, 3.05) is 7.11 Å². The van der Waals surface area contributed by atoms with E-state index in [0.29, 0.717) is 4.68 Å². The molecule has 0 radical (unpaired) electrons. The Bertz CT molecular complexity index is 548. The summed E-state index contributed by atoms with van der Waals surface area (Å²) in [5, 5.41) is 3.46. The van der Waals surface area contributed by atoms with Crippen molar-refractivity contribution in [3.8, 4) is 11.6 Å². The lowest BCUT2D eigenvalue weighted by Gasteiger charge is -2.05. The van der Waals surface area contributed by atoms with E-state index in [-0.39, 0.29) is 5.69 Å². The van der Waals surface area contributed by atoms with E-state index in [9.17, 15) is 17.6 Å². The summed E-state index contributed by atoms with van der Waals surface area (Å²) in [4.78, 5) is 0. The van der Waals surface area contributed by atoms with Crippen LogP contribution in [0.1, 0.15) is 5.56 Å². The van der Waals surface area contributed by atoms with E-state index in [1.807, 2.05) is 0 Å². The average molecular weight is 260 g/mol. The number of methoxy groups -OCH3 is 1. The van der Waals surface area contributed by atoms with Crippen LogP contribution in [0.25, 0.3) is 5.69 Å². The third-order valence-electron chi connectivity index (χ3n) is 2.27. The van der Waals surface area contributed by atoms with Crippen LogP contribution in [0.5, 0.6) is 5.88 Å². The van der Waals surface area contributed by atoms with Crippen molar-refractivity contribution in [3.63, 3.8) is 0 Å². The molecule has 0 aliphatic heterocycles. The maximum Gasteiger partial charge on any atom is 0.426 e. The van der Waals surface area contributed by atoms with Gasteiger partial charge in [0.25, 0.3) is 0 Å². The van der Waals surface area contributed by atoms with Crippen LogP contribution in [0.2, 0.25) is 0 Å². The molecule has 96 valence electrons. The zero-order valence-corrected chi connectivity index (χ0v) is 9.20. The zero-order valence-electron chi connectivity index (χ0n) is 9.20. The van der Waals surface area contributed by atoms with Crippen LogP contribution in [-0.2, 0) is 6.18 Å². The number of para-hydroxylation sites is 1. The molecule has 0 fully saturated rings. The minimum atomic E-state index is -4.86. The molecule has 0 saturated carbocycles. The van der Waals surface area contributed by atoms with E-state index in [0.717, 1.165) is 7.11 Å². The topological polar surface area (TPSA) is 27.1 Å². The van der Waals surface area contributed by atoms with E-state index < -0.39 is 23.6 Å². The van der Waals surface area contributed by atoms with Gasteiger partial charge in [-0.3, -0.25) is 0 Å². The molecule has 0 saturated heterocycles. The van der Waals surface area contributed by atoms with E-state index in [4.69, 9.17) is 0 Å². The van der Waals surface area contributed by atoms with Crippen LogP contribution < -0.4 is 4.74 Å². The van der Waals surface area contributed by atoms with Crippen molar-refractivity contribution in [1.29, 1.82) is 0 Å². The SMILES string of the molecule is COc1nn(-c2ccccc2)c(F)c1C(F)(F)F. The summed E-state index contributed by atoms with van der Waals surface area (Å²) in [5.41, 5.74) is -1.32. The third-order valence-corrected chi connectivity index (χ3v) is 2.27. The van der Waals surface area contributed by atoms with Crippen molar-refractivity contribution in [2.45, 2.75) is 6.18 Å². The molecule has 1 aromatic carbocycles. The highest BCUT2D eigenvalue weighted by atomic mass is 19.4. The van der Waals surface area contributed by atoms with Crippen LogP contribution in [-0.4, -0.2) is 16.9 Å². The van der Waals surface area contributed by atoms with Gasteiger partial charge in [0.15, 0.2) is 5.56 Å². The Balaban J connectivity index is 2.62. The predicted octanol–water partition coefficient (Wildman–Crippen LogP) is 3.04. The van der Waals surface area contributed by atoms with E-state index >= 15 is 0 Å². The highest BCUT2D eigenvalue weighted by Crippen LogP contribution is 2.38. The molecule has 0 aliphatic carbocycles. The summed E-state index contributed by atoms with van der Waals surface area (Å²) in [6.07, 6.45) is -4.86. The van der Waals surface area contributed by atoms with Gasteiger partial charge in [-0.15, -0.1) is 5.10 Å². The Labute approximate surface area is 99.6 Å². The molecule has 0 unspecified atom stereocenters. The molecular weight excluding hydrogens is 252 g/mol. The van der Waals surface area contributed by atoms with Gasteiger partial charge in [0.1, 0.15) is 0 Å². The Morgan fingerprint density at radius 2 is 1.78 bits per heavy atom. The maximum atomic E-state index is 13.8. The van der Waals surface area contributed by atoms with Gasteiger partial charge in [-0.1, -0.05) is 18.2 Å². The molecule has 0 atom stereocenters. The Morgan fingerprint density at radius 1 is 1.17 bits per heavy atom. The number of rotatable bonds is 2. The molecule has 1 aromatic heterocycles. The van der Waals surface area contributed by atoms with E-state index in [2.05, 4.69) is 9.84 Å². The van der Waals surface area contributed by atoms with Gasteiger partial charge in [0, 0.05) is 0 Å². The maximum absolute atomic E-state index is 13.8. The normalized spacial score (nSPS) is 11.6. The second-order valence-corrected chi connectivity index (χ2v) is 3.42. The number of aromatic nitrogens is 2. The number of hydrogen-bond acceptors (Lipinski definition) is 2. The van der Waals surface area contributed by atoms with E-state index in [1.165, 1.54) is 12.1 Å². The average Bonchev–Trinajstić information content (AvgIpc) is 2.67. The smallest absolute Gasteiger partial charge is 0.426 e. The number of benzene rings is 1. The van der Waals surface area contributed by atoms with Gasteiger partial charge in [-0.2, -0.15) is 17.6 Å². The molecule has 2 rings (SSSR count). The lowest BCUT2D eigenvalue weighted by atomic mass is 10.3. The summed E-state index contributed by atoms with van der Waals surface area (Å²) < 4.78 is 56.7. The van der Waals surface area contributed by atoms with Crippen molar-refractivity contribution < 1.29 is 22.3 Å². The lowest BCUT2D eigenvalue weighted by molar-refractivity contribution is -0.141. The molecule has 7 heteroatoms. The fourth-order valence-electron chi connectivity index (χ4n) is 1.50. The van der Waals surface area contributed by atoms with E-state index in [1.54, 1.807) is 18.2 Å². The minimum Gasteiger partial charge on any atom is -0.479 e. The van der Waals surface area contributed by atoms with Crippen LogP contribution >= 0.6 is 0 Å². The number of alkyl halides is 3.